The number of rotatable bonds is 4. The van der Waals surface area contributed by atoms with Crippen LogP contribution in [-0.2, 0) is 4.84 Å². The van der Waals surface area contributed by atoms with Gasteiger partial charge in [0.1, 0.15) is 5.82 Å². The summed E-state index contributed by atoms with van der Waals surface area (Å²) in [6.45, 7) is 0.385. The Morgan fingerprint density at radius 2 is 2.00 bits per heavy atom. The second kappa shape index (κ2) is 7.54. The third-order valence-electron chi connectivity index (χ3n) is 3.70. The van der Waals surface area contributed by atoms with E-state index >= 15 is 0 Å². The predicted molar refractivity (Wildman–Crippen MR) is 83.1 cm³/mol. The highest BCUT2D eigenvalue weighted by molar-refractivity contribution is 6.33. The number of carbonyl (C=O) groups is 1. The SMILES string of the molecule is CON(C)C(=O)c1cnc(N2CCN(CC(F)(F)F)CC2)c(Cl)c1. The van der Waals surface area contributed by atoms with Crippen LogP contribution >= 0.6 is 11.6 Å². The van der Waals surface area contributed by atoms with Crippen LogP contribution in [0, 0.1) is 0 Å². The molecule has 2 heterocycles. The Bertz CT molecular complexity index is 592. The first-order valence-corrected chi connectivity index (χ1v) is 7.61. The zero-order valence-corrected chi connectivity index (χ0v) is 14.1. The monoisotopic (exact) mass is 366 g/mol. The second-order valence-corrected chi connectivity index (χ2v) is 5.80. The van der Waals surface area contributed by atoms with Gasteiger partial charge in [-0.2, -0.15) is 13.2 Å². The van der Waals surface area contributed by atoms with Gasteiger partial charge in [-0.05, 0) is 6.07 Å². The van der Waals surface area contributed by atoms with Crippen LogP contribution in [0.5, 0.6) is 0 Å². The van der Waals surface area contributed by atoms with Gasteiger partial charge in [-0.25, -0.2) is 10.0 Å². The van der Waals surface area contributed by atoms with Crippen LogP contribution < -0.4 is 4.90 Å². The minimum absolute atomic E-state index is 0.267. The van der Waals surface area contributed by atoms with Crippen LogP contribution in [0.25, 0.3) is 0 Å². The second-order valence-electron chi connectivity index (χ2n) is 5.39. The number of piperazine rings is 1. The summed E-state index contributed by atoms with van der Waals surface area (Å²) in [4.78, 5) is 24.1. The number of alkyl halides is 3. The van der Waals surface area contributed by atoms with Gasteiger partial charge in [-0.3, -0.25) is 14.5 Å². The summed E-state index contributed by atoms with van der Waals surface area (Å²) < 4.78 is 37.2. The van der Waals surface area contributed by atoms with Gasteiger partial charge in [0, 0.05) is 39.4 Å². The van der Waals surface area contributed by atoms with Gasteiger partial charge < -0.3 is 4.90 Å². The number of halogens is 4. The molecule has 1 fully saturated rings. The number of hydroxylamine groups is 2. The lowest BCUT2D eigenvalue weighted by Crippen LogP contribution is -2.49. The minimum Gasteiger partial charge on any atom is -0.353 e. The van der Waals surface area contributed by atoms with E-state index in [1.807, 2.05) is 4.90 Å². The van der Waals surface area contributed by atoms with Crippen molar-refractivity contribution in [2.24, 2.45) is 0 Å². The standard InChI is InChI=1S/C14H18ClF3N4O2/c1-20(24-2)13(23)10-7-11(15)12(19-8-10)22-5-3-21(4-6-22)9-14(16,17)18/h7-8H,3-6,9H2,1-2H3. The summed E-state index contributed by atoms with van der Waals surface area (Å²) in [6.07, 6.45) is -2.82. The molecule has 10 heteroatoms. The van der Waals surface area contributed by atoms with Crippen molar-refractivity contribution in [2.45, 2.75) is 6.18 Å². The van der Waals surface area contributed by atoms with E-state index in [9.17, 15) is 18.0 Å². The Morgan fingerprint density at radius 3 is 2.50 bits per heavy atom. The number of nitrogens with zero attached hydrogens (tertiary/aromatic N) is 4. The molecule has 134 valence electrons. The molecule has 1 aliphatic rings. The van der Waals surface area contributed by atoms with Crippen molar-refractivity contribution >= 4 is 23.3 Å². The van der Waals surface area contributed by atoms with E-state index in [4.69, 9.17) is 16.4 Å². The molecular formula is C14H18ClF3N4O2. The van der Waals surface area contributed by atoms with Gasteiger partial charge in [0.2, 0.25) is 0 Å². The fourth-order valence-corrected chi connectivity index (χ4v) is 2.70. The first kappa shape index (κ1) is 18.8. The summed E-state index contributed by atoms with van der Waals surface area (Å²) >= 11 is 6.19. The van der Waals surface area contributed by atoms with E-state index in [2.05, 4.69) is 4.98 Å². The van der Waals surface area contributed by atoms with E-state index in [-0.39, 0.29) is 23.7 Å². The molecule has 0 radical (unpaired) electrons. The topological polar surface area (TPSA) is 48.9 Å². The lowest BCUT2D eigenvalue weighted by molar-refractivity contribution is -0.146. The molecule has 0 saturated carbocycles. The van der Waals surface area contributed by atoms with Gasteiger partial charge in [0.25, 0.3) is 5.91 Å². The summed E-state index contributed by atoms with van der Waals surface area (Å²) in [6, 6.07) is 1.48. The Labute approximate surface area is 142 Å². The molecule has 0 spiro atoms. The van der Waals surface area contributed by atoms with Crippen molar-refractivity contribution < 1.29 is 22.8 Å². The molecule has 0 N–H and O–H groups in total. The molecular weight excluding hydrogens is 349 g/mol. The zero-order valence-electron chi connectivity index (χ0n) is 13.3. The van der Waals surface area contributed by atoms with E-state index in [1.54, 1.807) is 0 Å². The van der Waals surface area contributed by atoms with Gasteiger partial charge in [0.05, 0.1) is 24.2 Å². The number of pyridine rings is 1. The summed E-state index contributed by atoms with van der Waals surface area (Å²) in [5, 5.41) is 1.32. The maximum atomic E-state index is 12.4. The molecule has 1 aliphatic heterocycles. The zero-order chi connectivity index (χ0) is 17.9. The van der Waals surface area contributed by atoms with Crippen LogP contribution in [0.1, 0.15) is 10.4 Å². The molecule has 0 atom stereocenters. The number of amides is 1. The minimum atomic E-state index is -4.20. The van der Waals surface area contributed by atoms with Crippen molar-refractivity contribution in [3.63, 3.8) is 0 Å². The molecule has 0 aromatic carbocycles. The van der Waals surface area contributed by atoms with Crippen LogP contribution in [0.15, 0.2) is 12.3 Å². The lowest BCUT2D eigenvalue weighted by Gasteiger charge is -2.36. The van der Waals surface area contributed by atoms with Gasteiger partial charge in [-0.1, -0.05) is 11.6 Å². The average molecular weight is 367 g/mol. The number of anilines is 1. The fraction of sp³-hybridized carbons (Fsp3) is 0.571. The quantitative estimate of drug-likeness (QED) is 0.763. The summed E-state index contributed by atoms with van der Waals surface area (Å²) in [5.74, 6) is 0.0633. The van der Waals surface area contributed by atoms with Gasteiger partial charge in [-0.15, -0.1) is 0 Å². The average Bonchev–Trinajstić information content (AvgIpc) is 2.52. The maximum absolute atomic E-state index is 12.4. The van der Waals surface area contributed by atoms with Crippen LogP contribution in [0.3, 0.4) is 0 Å². The Hall–Kier alpha value is -1.58. The van der Waals surface area contributed by atoms with Crippen LogP contribution in [-0.4, -0.2) is 73.9 Å². The maximum Gasteiger partial charge on any atom is 0.401 e. The van der Waals surface area contributed by atoms with Gasteiger partial charge in [0.15, 0.2) is 0 Å². The van der Waals surface area contributed by atoms with Crippen molar-refractivity contribution in [1.29, 1.82) is 0 Å². The number of carbonyl (C=O) groups excluding carboxylic acids is 1. The largest absolute Gasteiger partial charge is 0.401 e. The molecule has 6 nitrogen and oxygen atoms in total. The Kier molecular flexibility index (Phi) is 5.89. The van der Waals surface area contributed by atoms with Gasteiger partial charge >= 0.3 is 6.18 Å². The van der Waals surface area contributed by atoms with Crippen molar-refractivity contribution in [2.75, 3.05) is 51.8 Å². The smallest absolute Gasteiger partial charge is 0.353 e. The summed E-state index contributed by atoms with van der Waals surface area (Å²) in [5.41, 5.74) is 0.267. The highest BCUT2D eigenvalue weighted by atomic mass is 35.5. The number of hydrogen-bond acceptors (Lipinski definition) is 5. The number of aromatic nitrogens is 1. The Morgan fingerprint density at radius 1 is 1.38 bits per heavy atom. The number of hydrogen-bond donors (Lipinski definition) is 0. The highest BCUT2D eigenvalue weighted by Crippen LogP contribution is 2.26. The molecule has 1 aromatic heterocycles. The molecule has 2 rings (SSSR count). The molecule has 0 aliphatic carbocycles. The molecule has 1 amide bonds. The van der Waals surface area contributed by atoms with Crippen molar-refractivity contribution in [3.05, 3.63) is 22.8 Å². The van der Waals surface area contributed by atoms with Crippen molar-refractivity contribution in [3.8, 4) is 0 Å². The van der Waals surface area contributed by atoms with E-state index in [1.165, 1.54) is 31.3 Å². The Balaban J connectivity index is 2.02. The lowest BCUT2D eigenvalue weighted by atomic mass is 10.2. The van der Waals surface area contributed by atoms with E-state index in [0.717, 1.165) is 5.06 Å². The fourth-order valence-electron chi connectivity index (χ4n) is 2.42. The predicted octanol–water partition coefficient (Wildman–Crippen LogP) is 2.05. The molecule has 0 unspecified atom stereocenters. The molecule has 1 aromatic rings. The summed E-state index contributed by atoms with van der Waals surface area (Å²) in [7, 11) is 2.83. The molecule has 1 saturated heterocycles. The first-order chi connectivity index (χ1) is 11.2. The third-order valence-corrected chi connectivity index (χ3v) is 3.98. The first-order valence-electron chi connectivity index (χ1n) is 7.23. The van der Waals surface area contributed by atoms with Crippen LogP contribution in [0.2, 0.25) is 5.02 Å². The van der Waals surface area contributed by atoms with Crippen LogP contribution in [0.4, 0.5) is 19.0 Å². The van der Waals surface area contributed by atoms with E-state index < -0.39 is 18.6 Å². The van der Waals surface area contributed by atoms with E-state index in [0.29, 0.717) is 18.9 Å². The molecule has 0 bridgehead atoms. The van der Waals surface area contributed by atoms with Crippen molar-refractivity contribution in [1.82, 2.24) is 14.9 Å². The molecule has 24 heavy (non-hydrogen) atoms. The highest BCUT2D eigenvalue weighted by Gasteiger charge is 2.32. The third kappa shape index (κ3) is 4.71. The normalized spacial score (nSPS) is 16.3.